The molecule has 1 aromatic heterocycles. The molecule has 2 heterocycles. The van der Waals surface area contributed by atoms with Crippen molar-refractivity contribution in [3.8, 4) is 17.2 Å². The molecule has 4 aromatic rings. The van der Waals surface area contributed by atoms with E-state index in [2.05, 4.69) is 18.2 Å². The number of carbonyl (C=O) groups is 1. The summed E-state index contributed by atoms with van der Waals surface area (Å²) >= 11 is 1.35. The third kappa shape index (κ3) is 4.36. The molecule has 1 aliphatic carbocycles. The Balaban J connectivity index is 1.57. The second-order valence-electron chi connectivity index (χ2n) is 9.36. The van der Waals surface area contributed by atoms with Crippen LogP contribution in [0.2, 0.25) is 0 Å². The average molecular weight is 539 g/mol. The summed E-state index contributed by atoms with van der Waals surface area (Å²) in [6.07, 6.45) is 3.51. The maximum Gasteiger partial charge on any atom is 0.308 e. The number of hydrogen-bond donors (Lipinski definition) is 0. The molecular weight excluding hydrogens is 512 g/mol. The Kier molecular flexibility index (Phi) is 6.40. The Hall–Kier alpha value is -4.43. The third-order valence-corrected chi connectivity index (χ3v) is 8.03. The van der Waals surface area contributed by atoms with Gasteiger partial charge in [-0.2, -0.15) is 0 Å². The van der Waals surface area contributed by atoms with Crippen molar-refractivity contribution in [2.45, 2.75) is 25.8 Å². The van der Waals surface area contributed by atoms with E-state index < -0.39 is 5.97 Å². The molecule has 0 spiro atoms. The number of aryl methyl sites for hydroxylation is 1. The van der Waals surface area contributed by atoms with Crippen molar-refractivity contribution >= 4 is 29.1 Å². The topological polar surface area (TPSA) is 79.1 Å². The number of thiazole rings is 1. The molecule has 1 aliphatic heterocycles. The molecule has 2 aliphatic rings. The largest absolute Gasteiger partial charge is 0.496 e. The van der Waals surface area contributed by atoms with E-state index in [1.807, 2.05) is 36.4 Å². The van der Waals surface area contributed by atoms with E-state index >= 15 is 0 Å². The van der Waals surface area contributed by atoms with Gasteiger partial charge in [-0.25, -0.2) is 4.99 Å². The van der Waals surface area contributed by atoms with Gasteiger partial charge in [-0.3, -0.25) is 14.2 Å². The minimum absolute atomic E-state index is 0.122. The Bertz CT molecular complexity index is 1830. The van der Waals surface area contributed by atoms with Crippen LogP contribution in [-0.2, 0) is 11.2 Å². The van der Waals surface area contributed by atoms with Crippen molar-refractivity contribution in [1.29, 1.82) is 0 Å². The van der Waals surface area contributed by atoms with E-state index in [-0.39, 0.29) is 11.6 Å². The number of allylic oxidation sites excluding steroid dienone is 1. The molecule has 0 bridgehead atoms. The van der Waals surface area contributed by atoms with Gasteiger partial charge in [0.25, 0.3) is 5.56 Å². The van der Waals surface area contributed by atoms with Crippen molar-refractivity contribution in [3.63, 3.8) is 0 Å². The maximum atomic E-state index is 14.0. The summed E-state index contributed by atoms with van der Waals surface area (Å²) in [6, 6.07) is 21.1. The van der Waals surface area contributed by atoms with Crippen LogP contribution in [-0.4, -0.2) is 24.8 Å². The monoisotopic (exact) mass is 538 g/mol. The first-order valence-corrected chi connectivity index (χ1v) is 13.4. The van der Waals surface area contributed by atoms with Crippen LogP contribution in [0.1, 0.15) is 41.6 Å². The van der Waals surface area contributed by atoms with Crippen LogP contribution in [0, 0.1) is 0 Å². The molecule has 1 atom stereocenters. The molecule has 0 saturated carbocycles. The van der Waals surface area contributed by atoms with E-state index in [9.17, 15) is 9.59 Å². The summed E-state index contributed by atoms with van der Waals surface area (Å²) in [4.78, 5) is 31.1. The van der Waals surface area contributed by atoms with Crippen LogP contribution < -0.4 is 29.1 Å². The van der Waals surface area contributed by atoms with E-state index in [0.717, 1.165) is 46.6 Å². The zero-order valence-electron chi connectivity index (χ0n) is 21.8. The second-order valence-corrected chi connectivity index (χ2v) is 10.4. The molecule has 8 heteroatoms. The minimum atomic E-state index is -0.434. The van der Waals surface area contributed by atoms with Crippen LogP contribution in [0.3, 0.4) is 0 Å². The lowest BCUT2D eigenvalue weighted by molar-refractivity contribution is -0.132. The molecule has 6 rings (SSSR count). The van der Waals surface area contributed by atoms with Crippen LogP contribution in [0.5, 0.6) is 17.2 Å². The van der Waals surface area contributed by atoms with E-state index in [1.165, 1.54) is 30.9 Å². The summed E-state index contributed by atoms with van der Waals surface area (Å²) in [5.41, 5.74) is 5.98. The first-order chi connectivity index (χ1) is 19.0. The van der Waals surface area contributed by atoms with Crippen molar-refractivity contribution < 1.29 is 19.0 Å². The molecule has 0 fully saturated rings. The Morgan fingerprint density at radius 1 is 0.974 bits per heavy atom. The normalized spacial score (nSPS) is 16.1. The number of esters is 1. The van der Waals surface area contributed by atoms with Crippen molar-refractivity contribution in [1.82, 2.24) is 4.57 Å². The van der Waals surface area contributed by atoms with Crippen LogP contribution in [0.25, 0.3) is 11.8 Å². The van der Waals surface area contributed by atoms with Gasteiger partial charge in [0.2, 0.25) is 0 Å². The van der Waals surface area contributed by atoms with Crippen LogP contribution in [0.4, 0.5) is 0 Å². The average Bonchev–Trinajstić information content (AvgIpc) is 3.26. The number of carbonyl (C=O) groups excluding carboxylic acids is 1. The van der Waals surface area contributed by atoms with E-state index in [1.54, 1.807) is 29.9 Å². The Morgan fingerprint density at radius 3 is 2.54 bits per heavy atom. The number of benzene rings is 3. The highest BCUT2D eigenvalue weighted by molar-refractivity contribution is 7.07. The van der Waals surface area contributed by atoms with Gasteiger partial charge < -0.3 is 14.2 Å². The highest BCUT2D eigenvalue weighted by atomic mass is 32.1. The quantitative estimate of drug-likeness (QED) is 0.280. The molecule has 0 unspecified atom stereocenters. The van der Waals surface area contributed by atoms with Gasteiger partial charge in [0.1, 0.15) is 5.75 Å². The number of fused-ring (bicyclic) bond motifs is 3. The lowest BCUT2D eigenvalue weighted by Crippen LogP contribution is -2.39. The number of nitrogens with zero attached hydrogens (tertiary/aromatic N) is 2. The lowest BCUT2D eigenvalue weighted by Gasteiger charge is -2.31. The Labute approximate surface area is 228 Å². The van der Waals surface area contributed by atoms with Gasteiger partial charge in [0.05, 0.1) is 30.5 Å². The van der Waals surface area contributed by atoms with Gasteiger partial charge in [-0.1, -0.05) is 59.9 Å². The summed E-state index contributed by atoms with van der Waals surface area (Å²) in [6.45, 7) is 1.34. The molecule has 3 aromatic carbocycles. The maximum absolute atomic E-state index is 14.0. The summed E-state index contributed by atoms with van der Waals surface area (Å²) in [7, 11) is 3.16. The zero-order chi connectivity index (χ0) is 27.1. The van der Waals surface area contributed by atoms with Crippen molar-refractivity contribution in [3.05, 3.63) is 114 Å². The minimum Gasteiger partial charge on any atom is -0.496 e. The first kappa shape index (κ1) is 24.9. The number of methoxy groups -OCH3 is 2. The summed E-state index contributed by atoms with van der Waals surface area (Å²) < 4.78 is 18.7. The predicted octanol–water partition coefficient (Wildman–Crippen LogP) is 4.26. The summed E-state index contributed by atoms with van der Waals surface area (Å²) in [5.74, 6) is 1.03. The summed E-state index contributed by atoms with van der Waals surface area (Å²) in [5, 5.41) is 0. The molecule has 39 heavy (non-hydrogen) atoms. The number of para-hydroxylation sites is 1. The van der Waals surface area contributed by atoms with Gasteiger partial charge in [0, 0.05) is 18.1 Å². The molecule has 7 nitrogen and oxygen atoms in total. The fraction of sp³-hybridized carbons (Fsp3) is 0.194. The Morgan fingerprint density at radius 2 is 1.74 bits per heavy atom. The molecule has 0 saturated heterocycles. The highest BCUT2D eigenvalue weighted by Crippen LogP contribution is 2.43. The zero-order valence-corrected chi connectivity index (χ0v) is 22.6. The number of aromatic nitrogens is 1. The molecule has 0 radical (unpaired) electrons. The van der Waals surface area contributed by atoms with E-state index in [4.69, 9.17) is 19.2 Å². The van der Waals surface area contributed by atoms with Gasteiger partial charge >= 0.3 is 5.97 Å². The van der Waals surface area contributed by atoms with Crippen molar-refractivity contribution in [2.75, 3.05) is 14.2 Å². The molecule has 196 valence electrons. The fourth-order valence-corrected chi connectivity index (χ4v) is 6.36. The smallest absolute Gasteiger partial charge is 0.308 e. The fourth-order valence-electron chi connectivity index (χ4n) is 5.36. The van der Waals surface area contributed by atoms with Crippen LogP contribution >= 0.6 is 11.3 Å². The standard InChI is InChI=1S/C31H26N2O5S/c1-18(34)38-25-15-12-19(16-26(25)37-3)17-27-30(35)33-29(22-10-6-7-11-24(22)36-2)23-14-13-20-8-4-5-9-21(20)28(23)32-31(33)39-27/h4-12,15-17,29H,13-14H2,1-3H3/b27-17-/t29-/m1/s1. The van der Waals surface area contributed by atoms with E-state index in [0.29, 0.717) is 20.8 Å². The van der Waals surface area contributed by atoms with Gasteiger partial charge in [-0.05, 0) is 53.8 Å². The highest BCUT2D eigenvalue weighted by Gasteiger charge is 2.34. The number of ether oxygens (including phenoxy) is 3. The second kappa shape index (κ2) is 10.0. The van der Waals surface area contributed by atoms with Crippen molar-refractivity contribution in [2.24, 2.45) is 4.99 Å². The van der Waals surface area contributed by atoms with Crippen LogP contribution in [0.15, 0.2) is 82.1 Å². The number of rotatable bonds is 5. The molecule has 0 N–H and O–H groups in total. The SMILES string of the molecule is COc1cc(/C=c2\sc3n(c2=O)[C@H](c2ccccc2OC)C2=C(N=3)c3ccccc3CC2)ccc1OC(C)=O. The van der Waals surface area contributed by atoms with Gasteiger partial charge in [-0.15, -0.1) is 0 Å². The lowest BCUT2D eigenvalue weighted by atomic mass is 9.83. The number of hydrogen-bond acceptors (Lipinski definition) is 7. The first-order valence-electron chi connectivity index (χ1n) is 12.6. The molecule has 0 amide bonds. The predicted molar refractivity (Wildman–Crippen MR) is 150 cm³/mol. The molecular formula is C31H26N2O5S. The van der Waals surface area contributed by atoms with Gasteiger partial charge in [0.15, 0.2) is 16.3 Å². The third-order valence-electron chi connectivity index (χ3n) is 7.05.